The third kappa shape index (κ3) is 3.74. The topological polar surface area (TPSA) is 127 Å². The summed E-state index contributed by atoms with van der Waals surface area (Å²) >= 11 is 1.16. The molecule has 146 valence electrons. The second-order valence-electron chi connectivity index (χ2n) is 6.47. The number of anilines is 1. The highest BCUT2D eigenvalue weighted by atomic mass is 32.2. The average Bonchev–Trinajstić information content (AvgIpc) is 3.06. The maximum Gasteiger partial charge on any atom is 0.274 e. The summed E-state index contributed by atoms with van der Waals surface area (Å²) in [6.45, 7) is 3.36. The molecule has 1 atom stereocenters. The van der Waals surface area contributed by atoms with Gasteiger partial charge >= 0.3 is 0 Å². The van der Waals surface area contributed by atoms with Gasteiger partial charge in [-0.15, -0.1) is 10.2 Å². The first-order chi connectivity index (χ1) is 13.9. The molecule has 0 aliphatic rings. The maximum absolute atomic E-state index is 12.5. The lowest BCUT2D eigenvalue weighted by Gasteiger charge is -2.11. The number of nitrogens with one attached hydrogen (secondary N) is 2. The first-order valence-electron chi connectivity index (χ1n) is 8.76. The van der Waals surface area contributed by atoms with Crippen LogP contribution in [0.4, 0.5) is 11.4 Å². The summed E-state index contributed by atoms with van der Waals surface area (Å²) in [5, 5.41) is 22.9. The highest BCUT2D eigenvalue weighted by molar-refractivity contribution is 8.00. The summed E-state index contributed by atoms with van der Waals surface area (Å²) < 4.78 is 0. The Morgan fingerprint density at radius 2 is 2.03 bits per heavy atom. The molecule has 4 aromatic rings. The first-order valence-corrected chi connectivity index (χ1v) is 9.64. The van der Waals surface area contributed by atoms with Crippen molar-refractivity contribution in [3.63, 3.8) is 0 Å². The Hall–Kier alpha value is -3.53. The molecule has 9 nitrogen and oxygen atoms in total. The molecule has 0 bridgehead atoms. The van der Waals surface area contributed by atoms with Gasteiger partial charge in [0.15, 0.2) is 5.65 Å². The van der Waals surface area contributed by atoms with Gasteiger partial charge in [0.2, 0.25) is 11.1 Å². The van der Waals surface area contributed by atoms with Gasteiger partial charge in [-0.3, -0.25) is 14.9 Å². The number of benzene rings is 2. The van der Waals surface area contributed by atoms with Crippen LogP contribution in [0.15, 0.2) is 47.6 Å². The number of aromatic amines is 1. The molecular weight excluding hydrogens is 392 g/mol. The van der Waals surface area contributed by atoms with Crippen molar-refractivity contribution in [1.29, 1.82) is 0 Å². The fourth-order valence-electron chi connectivity index (χ4n) is 2.90. The van der Waals surface area contributed by atoms with Gasteiger partial charge in [-0.05, 0) is 26.0 Å². The van der Waals surface area contributed by atoms with Crippen molar-refractivity contribution in [3.8, 4) is 0 Å². The molecule has 2 aromatic carbocycles. The van der Waals surface area contributed by atoms with Crippen LogP contribution in [-0.4, -0.2) is 36.2 Å². The smallest absolute Gasteiger partial charge is 0.274 e. The molecule has 10 heteroatoms. The number of H-pyrrole nitrogens is 1. The van der Waals surface area contributed by atoms with Gasteiger partial charge in [0.1, 0.15) is 5.52 Å². The summed E-state index contributed by atoms with van der Waals surface area (Å²) in [4.78, 5) is 30.7. The van der Waals surface area contributed by atoms with Crippen LogP contribution in [0.1, 0.15) is 12.5 Å². The first kappa shape index (κ1) is 18.8. The van der Waals surface area contributed by atoms with Crippen molar-refractivity contribution in [3.05, 3.63) is 58.1 Å². The molecule has 1 amide bonds. The Labute approximate surface area is 169 Å². The van der Waals surface area contributed by atoms with Crippen LogP contribution < -0.4 is 5.32 Å². The molecule has 1 unspecified atom stereocenters. The molecule has 0 aliphatic heterocycles. The lowest BCUT2D eigenvalue weighted by molar-refractivity contribution is -0.385. The molecule has 29 heavy (non-hydrogen) atoms. The second-order valence-corrected chi connectivity index (χ2v) is 7.78. The van der Waals surface area contributed by atoms with E-state index in [-0.39, 0.29) is 11.6 Å². The quantitative estimate of drug-likeness (QED) is 0.292. The van der Waals surface area contributed by atoms with Crippen molar-refractivity contribution in [2.75, 3.05) is 5.32 Å². The Bertz CT molecular complexity index is 1260. The Balaban J connectivity index is 1.50. The summed E-state index contributed by atoms with van der Waals surface area (Å²) in [6, 6.07) is 12.3. The number of aryl methyl sites for hydroxylation is 1. The van der Waals surface area contributed by atoms with E-state index in [0.29, 0.717) is 27.6 Å². The van der Waals surface area contributed by atoms with Crippen LogP contribution in [0.3, 0.4) is 0 Å². The molecule has 0 radical (unpaired) electrons. The van der Waals surface area contributed by atoms with Gasteiger partial charge in [0.05, 0.1) is 10.2 Å². The largest absolute Gasteiger partial charge is 0.338 e. The van der Waals surface area contributed by atoms with E-state index in [0.717, 1.165) is 22.7 Å². The van der Waals surface area contributed by atoms with Crippen molar-refractivity contribution >= 4 is 51.1 Å². The number of rotatable bonds is 5. The highest BCUT2D eigenvalue weighted by Crippen LogP contribution is 2.26. The van der Waals surface area contributed by atoms with Gasteiger partial charge < -0.3 is 10.3 Å². The van der Waals surface area contributed by atoms with E-state index in [1.165, 1.54) is 6.07 Å². The number of nitrogens with zero attached hydrogens (tertiary/aromatic N) is 4. The Kier molecular flexibility index (Phi) is 4.85. The zero-order chi connectivity index (χ0) is 20.5. The summed E-state index contributed by atoms with van der Waals surface area (Å²) in [5.41, 5.74) is 3.05. The minimum atomic E-state index is -0.529. The van der Waals surface area contributed by atoms with E-state index in [2.05, 4.69) is 25.5 Å². The number of nitro groups is 1. The molecular formula is C19H16N6O3S. The summed E-state index contributed by atoms with van der Waals surface area (Å²) in [7, 11) is 0. The zero-order valence-corrected chi connectivity index (χ0v) is 16.4. The van der Waals surface area contributed by atoms with Crippen LogP contribution in [-0.2, 0) is 4.79 Å². The van der Waals surface area contributed by atoms with Gasteiger partial charge in [-0.25, -0.2) is 4.98 Å². The number of nitro benzene ring substituents is 1. The van der Waals surface area contributed by atoms with E-state index in [1.807, 2.05) is 24.3 Å². The van der Waals surface area contributed by atoms with Crippen molar-refractivity contribution < 1.29 is 9.72 Å². The van der Waals surface area contributed by atoms with Crippen LogP contribution in [0.25, 0.3) is 22.1 Å². The number of amides is 1. The predicted octanol–water partition coefficient (Wildman–Crippen LogP) is 3.84. The van der Waals surface area contributed by atoms with E-state index < -0.39 is 10.2 Å². The average molecular weight is 408 g/mol. The highest BCUT2D eigenvalue weighted by Gasteiger charge is 2.19. The van der Waals surface area contributed by atoms with E-state index in [1.54, 1.807) is 26.0 Å². The third-order valence-electron chi connectivity index (χ3n) is 4.43. The lowest BCUT2D eigenvalue weighted by atomic mass is 10.2. The van der Waals surface area contributed by atoms with Gasteiger partial charge in [0.25, 0.3) is 5.69 Å². The molecule has 0 aliphatic carbocycles. The third-order valence-corrected chi connectivity index (χ3v) is 5.38. The SMILES string of the molecule is Cc1ccc(NC(=O)C(C)Sc2nnc3c(n2)[nH]c2ccccc23)cc1[N+](=O)[O-]. The van der Waals surface area contributed by atoms with Crippen molar-refractivity contribution in [2.45, 2.75) is 24.3 Å². The molecule has 2 aromatic heterocycles. The molecule has 0 saturated heterocycles. The maximum atomic E-state index is 12.5. The van der Waals surface area contributed by atoms with Gasteiger partial charge in [0, 0.05) is 28.2 Å². The fourth-order valence-corrected chi connectivity index (χ4v) is 3.61. The number of aromatic nitrogens is 4. The van der Waals surface area contributed by atoms with Gasteiger partial charge in [-0.1, -0.05) is 36.0 Å². The second kappa shape index (κ2) is 7.47. The van der Waals surface area contributed by atoms with E-state index >= 15 is 0 Å². The minimum absolute atomic E-state index is 0.0418. The summed E-state index contributed by atoms with van der Waals surface area (Å²) in [6.07, 6.45) is 0. The number of para-hydroxylation sites is 1. The summed E-state index contributed by atoms with van der Waals surface area (Å²) in [5.74, 6) is -0.312. The number of carbonyl (C=O) groups excluding carboxylic acids is 1. The standard InChI is InChI=1S/C19H16N6O3S/c1-10-7-8-12(9-15(10)25(27)28)20-18(26)11(2)29-19-22-17-16(23-24-19)13-5-3-4-6-14(13)21-17/h3-9,11H,1-2H3,(H,20,26)(H,21,22,24). The van der Waals surface area contributed by atoms with Crippen molar-refractivity contribution in [1.82, 2.24) is 20.2 Å². The normalized spacial score (nSPS) is 12.2. The Morgan fingerprint density at radius 1 is 1.24 bits per heavy atom. The molecule has 2 N–H and O–H groups in total. The van der Waals surface area contributed by atoms with Crippen molar-refractivity contribution in [2.24, 2.45) is 0 Å². The molecule has 0 spiro atoms. The molecule has 2 heterocycles. The molecule has 4 rings (SSSR count). The number of carbonyl (C=O) groups is 1. The minimum Gasteiger partial charge on any atom is -0.338 e. The zero-order valence-electron chi connectivity index (χ0n) is 15.5. The lowest BCUT2D eigenvalue weighted by Crippen LogP contribution is -2.22. The molecule has 0 saturated carbocycles. The fraction of sp³-hybridized carbons (Fsp3) is 0.158. The number of thioether (sulfide) groups is 1. The number of hydrogen-bond acceptors (Lipinski definition) is 7. The predicted molar refractivity (Wildman–Crippen MR) is 111 cm³/mol. The van der Waals surface area contributed by atoms with Crippen LogP contribution in [0.2, 0.25) is 0 Å². The monoisotopic (exact) mass is 408 g/mol. The molecule has 0 fully saturated rings. The van der Waals surface area contributed by atoms with Crippen LogP contribution in [0.5, 0.6) is 0 Å². The van der Waals surface area contributed by atoms with E-state index in [9.17, 15) is 14.9 Å². The van der Waals surface area contributed by atoms with E-state index in [4.69, 9.17) is 0 Å². The van der Waals surface area contributed by atoms with Crippen LogP contribution in [0, 0.1) is 17.0 Å². The Morgan fingerprint density at radius 3 is 2.83 bits per heavy atom. The number of hydrogen-bond donors (Lipinski definition) is 2. The van der Waals surface area contributed by atoms with Crippen LogP contribution >= 0.6 is 11.8 Å². The van der Waals surface area contributed by atoms with Gasteiger partial charge in [-0.2, -0.15) is 0 Å². The number of fused-ring (bicyclic) bond motifs is 3.